The van der Waals surface area contributed by atoms with Gasteiger partial charge in [0.2, 0.25) is 0 Å². The smallest absolute Gasteiger partial charge is 0.205 e. The van der Waals surface area contributed by atoms with E-state index in [9.17, 15) is 0 Å². The second-order valence-corrected chi connectivity index (χ2v) is 3.82. The summed E-state index contributed by atoms with van der Waals surface area (Å²) in [6.45, 7) is 4.21. The van der Waals surface area contributed by atoms with Gasteiger partial charge in [-0.25, -0.2) is 9.67 Å². The van der Waals surface area contributed by atoms with Crippen molar-refractivity contribution in [3.8, 4) is 5.95 Å². The summed E-state index contributed by atoms with van der Waals surface area (Å²) in [4.78, 5) is 4.36. The minimum Gasteiger partial charge on any atom is -0.205 e. The van der Waals surface area contributed by atoms with Crippen molar-refractivity contribution in [3.63, 3.8) is 0 Å². The summed E-state index contributed by atoms with van der Waals surface area (Å²) in [5.74, 6) is 1.10. The van der Waals surface area contributed by atoms with Gasteiger partial charge in [0.25, 0.3) is 5.95 Å². The van der Waals surface area contributed by atoms with Crippen molar-refractivity contribution in [2.24, 2.45) is 0 Å². The van der Waals surface area contributed by atoms with Gasteiger partial charge in [-0.15, -0.1) is 0 Å². The molecule has 0 spiro atoms. The van der Waals surface area contributed by atoms with E-state index >= 15 is 0 Å². The maximum atomic E-state index is 4.36. The Morgan fingerprint density at radius 1 is 1.46 bits per heavy atom. The Kier molecular flexibility index (Phi) is 2.10. The number of rotatable bonds is 2. The van der Waals surface area contributed by atoms with Gasteiger partial charge in [0, 0.05) is 18.3 Å². The van der Waals surface area contributed by atoms with Crippen molar-refractivity contribution in [1.82, 2.24) is 19.1 Å². The maximum absolute atomic E-state index is 4.36. The lowest BCUT2D eigenvalue weighted by molar-refractivity contribution is 0.797. The molecule has 0 atom stereocenters. The highest BCUT2D eigenvalue weighted by molar-refractivity contribution is 7.05. The normalized spacial score (nSPS) is 11.0. The number of nitrogens with zero attached hydrogens (tertiary/aromatic N) is 4. The molecule has 68 valence electrons. The number of aromatic nitrogens is 4. The lowest BCUT2D eigenvalue weighted by atomic mass is 10.2. The van der Waals surface area contributed by atoms with Crippen molar-refractivity contribution in [2.45, 2.75) is 19.8 Å². The summed E-state index contributed by atoms with van der Waals surface area (Å²) >= 11 is 1.43. The highest BCUT2D eigenvalue weighted by Crippen LogP contribution is 2.17. The number of hydrogen-bond acceptors (Lipinski definition) is 4. The summed E-state index contributed by atoms with van der Waals surface area (Å²) in [6, 6.07) is 1.86. The van der Waals surface area contributed by atoms with Crippen molar-refractivity contribution in [1.29, 1.82) is 0 Å². The van der Waals surface area contributed by atoms with Gasteiger partial charge in [-0.1, -0.05) is 13.8 Å². The summed E-state index contributed by atoms with van der Waals surface area (Å²) < 4.78 is 5.88. The third kappa shape index (κ3) is 1.60. The van der Waals surface area contributed by atoms with E-state index in [1.54, 1.807) is 10.9 Å². The summed E-state index contributed by atoms with van der Waals surface area (Å²) in [5, 5.41) is 5.10. The highest BCUT2D eigenvalue weighted by Gasteiger charge is 2.08. The average molecular weight is 194 g/mol. The molecule has 0 bridgehead atoms. The molecule has 0 amide bonds. The lowest BCUT2D eigenvalue weighted by Gasteiger charge is -1.94. The molecule has 0 aliphatic carbocycles. The molecule has 0 N–H and O–H groups in total. The maximum Gasteiger partial charge on any atom is 0.262 e. The van der Waals surface area contributed by atoms with E-state index < -0.39 is 0 Å². The Bertz CT molecular complexity index is 377. The zero-order valence-electron chi connectivity index (χ0n) is 7.51. The third-order valence-corrected chi connectivity index (χ3v) is 2.64. The summed E-state index contributed by atoms with van der Waals surface area (Å²) in [5.41, 5.74) is 0. The van der Waals surface area contributed by atoms with E-state index in [-0.39, 0.29) is 0 Å². The Hall–Kier alpha value is -1.23. The van der Waals surface area contributed by atoms with Crippen LogP contribution in [0.15, 0.2) is 18.5 Å². The zero-order chi connectivity index (χ0) is 9.26. The molecule has 4 nitrogen and oxygen atoms in total. The van der Waals surface area contributed by atoms with Crippen LogP contribution in [0.1, 0.15) is 24.8 Å². The van der Waals surface area contributed by atoms with E-state index in [1.165, 1.54) is 11.5 Å². The molecule has 13 heavy (non-hydrogen) atoms. The van der Waals surface area contributed by atoms with Gasteiger partial charge in [0.15, 0.2) is 0 Å². The van der Waals surface area contributed by atoms with Gasteiger partial charge in [-0.3, -0.25) is 0 Å². The van der Waals surface area contributed by atoms with Crippen LogP contribution in [0.25, 0.3) is 5.95 Å². The molecule has 2 heterocycles. The molecule has 2 aromatic rings. The molecule has 0 aliphatic heterocycles. The van der Waals surface area contributed by atoms with Gasteiger partial charge in [0.1, 0.15) is 5.01 Å². The molecule has 0 aliphatic rings. The van der Waals surface area contributed by atoms with E-state index in [0.29, 0.717) is 11.9 Å². The molecule has 0 fully saturated rings. The lowest BCUT2D eigenvalue weighted by Crippen LogP contribution is -1.97. The predicted molar refractivity (Wildman–Crippen MR) is 51.1 cm³/mol. The molecule has 0 radical (unpaired) electrons. The fraction of sp³-hybridized carbons (Fsp3) is 0.375. The SMILES string of the molecule is CC(C)c1nc(-n2cccn2)ns1. The van der Waals surface area contributed by atoms with Crippen molar-refractivity contribution in [2.75, 3.05) is 0 Å². The monoisotopic (exact) mass is 194 g/mol. The second kappa shape index (κ2) is 3.26. The summed E-state index contributed by atoms with van der Waals surface area (Å²) in [7, 11) is 0. The molecule has 0 saturated heterocycles. The van der Waals surface area contributed by atoms with Crippen molar-refractivity contribution >= 4 is 11.5 Å². The highest BCUT2D eigenvalue weighted by atomic mass is 32.1. The van der Waals surface area contributed by atoms with E-state index in [1.807, 2.05) is 12.3 Å². The van der Waals surface area contributed by atoms with Gasteiger partial charge in [0.05, 0.1) is 0 Å². The molecule has 2 rings (SSSR count). The first-order valence-electron chi connectivity index (χ1n) is 4.11. The van der Waals surface area contributed by atoms with Crippen LogP contribution in [-0.4, -0.2) is 19.1 Å². The van der Waals surface area contributed by atoms with Gasteiger partial charge >= 0.3 is 0 Å². The molecule has 5 heteroatoms. The van der Waals surface area contributed by atoms with Gasteiger partial charge in [-0.2, -0.15) is 9.47 Å². The predicted octanol–water partition coefficient (Wildman–Crippen LogP) is 1.85. The van der Waals surface area contributed by atoms with Crippen LogP contribution in [-0.2, 0) is 0 Å². The minimum atomic E-state index is 0.432. The number of hydrogen-bond donors (Lipinski definition) is 0. The zero-order valence-corrected chi connectivity index (χ0v) is 8.32. The van der Waals surface area contributed by atoms with E-state index in [4.69, 9.17) is 0 Å². The van der Waals surface area contributed by atoms with Gasteiger partial charge < -0.3 is 0 Å². The van der Waals surface area contributed by atoms with Crippen molar-refractivity contribution < 1.29 is 0 Å². The Labute approximate surface area is 80.4 Å². The first-order chi connectivity index (χ1) is 6.27. The molecule has 0 unspecified atom stereocenters. The van der Waals surface area contributed by atoms with Crippen LogP contribution in [0, 0.1) is 0 Å². The molecule has 0 aromatic carbocycles. The first kappa shape index (κ1) is 8.37. The Balaban J connectivity index is 2.33. The second-order valence-electron chi connectivity index (χ2n) is 3.04. The van der Waals surface area contributed by atoms with Crippen molar-refractivity contribution in [3.05, 3.63) is 23.5 Å². The fourth-order valence-corrected chi connectivity index (χ4v) is 1.57. The van der Waals surface area contributed by atoms with Crippen LogP contribution in [0.3, 0.4) is 0 Å². The quantitative estimate of drug-likeness (QED) is 0.732. The topological polar surface area (TPSA) is 43.6 Å². The average Bonchev–Trinajstić information content (AvgIpc) is 2.75. The van der Waals surface area contributed by atoms with Crippen LogP contribution in [0.2, 0.25) is 0 Å². The summed E-state index contributed by atoms with van der Waals surface area (Å²) in [6.07, 6.45) is 3.56. The largest absolute Gasteiger partial charge is 0.262 e. The molecule has 2 aromatic heterocycles. The first-order valence-corrected chi connectivity index (χ1v) is 4.88. The van der Waals surface area contributed by atoms with Crippen LogP contribution >= 0.6 is 11.5 Å². The Morgan fingerprint density at radius 3 is 2.85 bits per heavy atom. The standard InChI is InChI=1S/C8H10N4S/c1-6(2)7-10-8(11-13-7)12-5-3-4-9-12/h3-6H,1-2H3. The van der Waals surface area contributed by atoms with E-state index in [0.717, 1.165) is 5.01 Å². The van der Waals surface area contributed by atoms with E-state index in [2.05, 4.69) is 28.3 Å². The molecular weight excluding hydrogens is 184 g/mol. The van der Waals surface area contributed by atoms with Crippen LogP contribution in [0.5, 0.6) is 0 Å². The fourth-order valence-electron chi connectivity index (χ4n) is 0.942. The third-order valence-electron chi connectivity index (χ3n) is 1.63. The molecular formula is C8H10N4S. The van der Waals surface area contributed by atoms with Gasteiger partial charge in [-0.05, 0) is 17.6 Å². The Morgan fingerprint density at radius 2 is 2.31 bits per heavy atom. The van der Waals surface area contributed by atoms with Crippen LogP contribution in [0.4, 0.5) is 0 Å². The van der Waals surface area contributed by atoms with Crippen LogP contribution < -0.4 is 0 Å². The molecule has 0 saturated carbocycles. The minimum absolute atomic E-state index is 0.432.